The summed E-state index contributed by atoms with van der Waals surface area (Å²) in [6, 6.07) is 8.07. The van der Waals surface area contributed by atoms with E-state index in [1.165, 1.54) is 6.42 Å². The number of rotatable bonds is 3. The van der Waals surface area contributed by atoms with Gasteiger partial charge in [-0.25, -0.2) is 0 Å². The van der Waals surface area contributed by atoms with E-state index in [4.69, 9.17) is 0 Å². The highest BCUT2D eigenvalue weighted by Crippen LogP contribution is 2.23. The number of likely N-dealkylation sites (N-methyl/N-ethyl adjacent to an activating group) is 1. The zero-order chi connectivity index (χ0) is 13.8. The van der Waals surface area contributed by atoms with Crippen LogP contribution in [0.25, 0.3) is 0 Å². The Labute approximate surface area is 116 Å². The SMILES string of the molecule is CCN(C(=O)C1CC(C)CCN1)c1ccccc1C. The predicted octanol–water partition coefficient (Wildman–Crippen LogP) is 2.74. The van der Waals surface area contributed by atoms with Crippen LogP contribution in [0.1, 0.15) is 32.3 Å². The second-order valence-corrected chi connectivity index (χ2v) is 5.51. The molecule has 2 unspecified atom stereocenters. The van der Waals surface area contributed by atoms with E-state index in [1.54, 1.807) is 0 Å². The van der Waals surface area contributed by atoms with Crippen molar-refractivity contribution in [2.24, 2.45) is 5.92 Å². The van der Waals surface area contributed by atoms with Crippen molar-refractivity contribution in [3.63, 3.8) is 0 Å². The molecule has 2 atom stereocenters. The van der Waals surface area contributed by atoms with Crippen LogP contribution in [-0.2, 0) is 4.79 Å². The third-order valence-electron chi connectivity index (χ3n) is 3.95. The van der Waals surface area contributed by atoms with Crippen LogP contribution in [0.3, 0.4) is 0 Å². The normalized spacial score (nSPS) is 23.1. The number of benzene rings is 1. The average molecular weight is 260 g/mol. The Morgan fingerprint density at radius 3 is 2.79 bits per heavy atom. The maximum absolute atomic E-state index is 12.7. The van der Waals surface area contributed by atoms with Crippen molar-refractivity contribution in [3.05, 3.63) is 29.8 Å². The van der Waals surface area contributed by atoms with Crippen LogP contribution in [0.5, 0.6) is 0 Å². The van der Waals surface area contributed by atoms with Gasteiger partial charge < -0.3 is 10.2 Å². The van der Waals surface area contributed by atoms with Gasteiger partial charge in [0.15, 0.2) is 0 Å². The molecule has 1 aromatic rings. The summed E-state index contributed by atoms with van der Waals surface area (Å²) in [6.45, 7) is 7.99. The van der Waals surface area contributed by atoms with Gasteiger partial charge in [-0.15, -0.1) is 0 Å². The van der Waals surface area contributed by atoms with E-state index < -0.39 is 0 Å². The molecule has 0 aromatic heterocycles. The molecule has 3 nitrogen and oxygen atoms in total. The molecule has 1 aromatic carbocycles. The Morgan fingerprint density at radius 1 is 1.42 bits per heavy atom. The summed E-state index contributed by atoms with van der Waals surface area (Å²) in [4.78, 5) is 14.6. The molecule has 1 N–H and O–H groups in total. The number of piperidine rings is 1. The van der Waals surface area contributed by atoms with Gasteiger partial charge in [0.1, 0.15) is 0 Å². The zero-order valence-corrected chi connectivity index (χ0v) is 12.1. The number of anilines is 1. The fraction of sp³-hybridized carbons (Fsp3) is 0.562. The quantitative estimate of drug-likeness (QED) is 0.906. The molecule has 19 heavy (non-hydrogen) atoms. The van der Waals surface area contributed by atoms with E-state index in [2.05, 4.69) is 25.2 Å². The van der Waals surface area contributed by atoms with Gasteiger partial charge in [0.2, 0.25) is 5.91 Å². The molecule has 1 heterocycles. The van der Waals surface area contributed by atoms with E-state index >= 15 is 0 Å². The van der Waals surface area contributed by atoms with Gasteiger partial charge in [0.05, 0.1) is 6.04 Å². The van der Waals surface area contributed by atoms with Crippen molar-refractivity contribution < 1.29 is 4.79 Å². The Hall–Kier alpha value is -1.35. The van der Waals surface area contributed by atoms with Crippen molar-refractivity contribution in [2.45, 2.75) is 39.7 Å². The number of hydrogen-bond acceptors (Lipinski definition) is 2. The summed E-state index contributed by atoms with van der Waals surface area (Å²) in [7, 11) is 0. The largest absolute Gasteiger partial charge is 0.311 e. The van der Waals surface area contributed by atoms with Gasteiger partial charge in [0.25, 0.3) is 0 Å². The maximum Gasteiger partial charge on any atom is 0.244 e. The van der Waals surface area contributed by atoms with Gasteiger partial charge in [-0.3, -0.25) is 4.79 Å². The van der Waals surface area contributed by atoms with E-state index in [9.17, 15) is 4.79 Å². The van der Waals surface area contributed by atoms with Crippen LogP contribution >= 0.6 is 0 Å². The summed E-state index contributed by atoms with van der Waals surface area (Å²) in [6.07, 6.45) is 2.11. The minimum Gasteiger partial charge on any atom is -0.311 e. The number of amides is 1. The molecule has 0 radical (unpaired) electrons. The standard InChI is InChI=1S/C16H24N2O/c1-4-18(15-8-6-5-7-13(15)3)16(19)14-11-12(2)9-10-17-14/h5-8,12,14,17H,4,9-11H2,1-3H3. The number of nitrogens with one attached hydrogen (secondary N) is 1. The van der Waals surface area contributed by atoms with E-state index in [0.29, 0.717) is 5.92 Å². The molecule has 1 aliphatic heterocycles. The van der Waals surface area contributed by atoms with Gasteiger partial charge >= 0.3 is 0 Å². The molecule has 0 spiro atoms. The molecule has 0 bridgehead atoms. The lowest BCUT2D eigenvalue weighted by Gasteiger charge is -2.32. The second kappa shape index (κ2) is 6.20. The van der Waals surface area contributed by atoms with Gasteiger partial charge in [0, 0.05) is 12.2 Å². The lowest BCUT2D eigenvalue weighted by molar-refractivity contribution is -0.121. The molecule has 1 amide bonds. The minimum absolute atomic E-state index is 0.0247. The van der Waals surface area contributed by atoms with Crippen LogP contribution in [-0.4, -0.2) is 25.0 Å². The summed E-state index contributed by atoms with van der Waals surface area (Å²) >= 11 is 0. The first-order valence-electron chi connectivity index (χ1n) is 7.24. The van der Waals surface area contributed by atoms with Crippen LogP contribution in [0.2, 0.25) is 0 Å². The Kier molecular flexibility index (Phi) is 4.59. The predicted molar refractivity (Wildman–Crippen MR) is 79.4 cm³/mol. The van der Waals surface area contributed by atoms with Gasteiger partial charge in [-0.1, -0.05) is 25.1 Å². The molecule has 1 aliphatic rings. The highest BCUT2D eigenvalue weighted by molar-refractivity contribution is 5.97. The van der Waals surface area contributed by atoms with Gasteiger partial charge in [-0.2, -0.15) is 0 Å². The maximum atomic E-state index is 12.7. The number of carbonyl (C=O) groups excluding carboxylic acids is 1. The molecular formula is C16H24N2O. The number of hydrogen-bond donors (Lipinski definition) is 1. The molecule has 0 saturated carbocycles. The summed E-state index contributed by atoms with van der Waals surface area (Å²) in [5.74, 6) is 0.842. The van der Waals surface area contributed by atoms with Crippen molar-refractivity contribution in [1.82, 2.24) is 5.32 Å². The van der Waals surface area contributed by atoms with Gasteiger partial charge in [-0.05, 0) is 50.8 Å². The lowest BCUT2D eigenvalue weighted by Crippen LogP contribution is -2.50. The first-order chi connectivity index (χ1) is 9.13. The Morgan fingerprint density at radius 2 is 2.16 bits per heavy atom. The minimum atomic E-state index is -0.0247. The number of nitrogens with zero attached hydrogens (tertiary/aromatic N) is 1. The summed E-state index contributed by atoms with van der Waals surface area (Å²) in [5, 5.41) is 3.36. The van der Waals surface area contributed by atoms with Crippen molar-refractivity contribution >= 4 is 11.6 Å². The van der Waals surface area contributed by atoms with Crippen LogP contribution < -0.4 is 10.2 Å². The lowest BCUT2D eigenvalue weighted by atomic mass is 9.93. The number of para-hydroxylation sites is 1. The second-order valence-electron chi connectivity index (χ2n) is 5.51. The highest BCUT2D eigenvalue weighted by atomic mass is 16.2. The highest BCUT2D eigenvalue weighted by Gasteiger charge is 2.28. The molecule has 2 rings (SSSR count). The van der Waals surface area contributed by atoms with Crippen molar-refractivity contribution in [3.8, 4) is 0 Å². The topological polar surface area (TPSA) is 32.3 Å². The first kappa shape index (κ1) is 14.1. The average Bonchev–Trinajstić information content (AvgIpc) is 2.41. The van der Waals surface area contributed by atoms with Crippen LogP contribution in [0.15, 0.2) is 24.3 Å². The molecule has 1 saturated heterocycles. The summed E-state index contributed by atoms with van der Waals surface area (Å²) in [5.41, 5.74) is 2.19. The van der Waals surface area contributed by atoms with Crippen molar-refractivity contribution in [2.75, 3.05) is 18.0 Å². The van der Waals surface area contributed by atoms with E-state index in [1.807, 2.05) is 30.0 Å². The fourth-order valence-electron chi connectivity index (χ4n) is 2.79. The van der Waals surface area contributed by atoms with E-state index in [0.717, 1.165) is 30.8 Å². The zero-order valence-electron chi connectivity index (χ0n) is 12.1. The third-order valence-corrected chi connectivity index (χ3v) is 3.95. The third kappa shape index (κ3) is 3.16. The molecule has 0 aliphatic carbocycles. The smallest absolute Gasteiger partial charge is 0.244 e. The fourth-order valence-corrected chi connectivity index (χ4v) is 2.79. The Bertz CT molecular complexity index is 444. The van der Waals surface area contributed by atoms with Crippen LogP contribution in [0, 0.1) is 12.8 Å². The van der Waals surface area contributed by atoms with Crippen LogP contribution in [0.4, 0.5) is 5.69 Å². The number of carbonyl (C=O) groups is 1. The molecule has 3 heteroatoms. The number of aryl methyl sites for hydroxylation is 1. The monoisotopic (exact) mass is 260 g/mol. The molecular weight excluding hydrogens is 236 g/mol. The molecule has 104 valence electrons. The molecule has 1 fully saturated rings. The van der Waals surface area contributed by atoms with Crippen molar-refractivity contribution in [1.29, 1.82) is 0 Å². The van der Waals surface area contributed by atoms with E-state index in [-0.39, 0.29) is 11.9 Å². The first-order valence-corrected chi connectivity index (χ1v) is 7.24. The summed E-state index contributed by atoms with van der Waals surface area (Å²) < 4.78 is 0. The Balaban J connectivity index is 2.17.